The predicted octanol–water partition coefficient (Wildman–Crippen LogP) is 3.50. The summed E-state index contributed by atoms with van der Waals surface area (Å²) in [4.78, 5) is 12.3. The summed E-state index contributed by atoms with van der Waals surface area (Å²) in [6, 6.07) is 15.0. The molecule has 0 saturated carbocycles. The fourth-order valence-corrected chi connectivity index (χ4v) is 3.63. The number of phenolic OH excluding ortho intramolecular Hbond substituents is 3. The van der Waals surface area contributed by atoms with Crippen molar-refractivity contribution in [3.8, 4) is 17.2 Å². The molecule has 0 spiro atoms. The zero-order valence-corrected chi connectivity index (χ0v) is 15.8. The topological polar surface area (TPSA) is 124 Å². The van der Waals surface area contributed by atoms with E-state index in [-0.39, 0.29) is 39.0 Å². The van der Waals surface area contributed by atoms with Crippen LogP contribution in [0.4, 0.5) is 5.69 Å². The fraction of sp³-hybridized carbons (Fsp3) is 0. The summed E-state index contributed by atoms with van der Waals surface area (Å²) in [5.41, 5.74) is 0.656. The van der Waals surface area contributed by atoms with E-state index in [0.717, 1.165) is 6.07 Å². The third-order valence-electron chi connectivity index (χ3n) is 3.95. The van der Waals surface area contributed by atoms with Gasteiger partial charge < -0.3 is 15.3 Å². The first-order chi connectivity index (χ1) is 13.7. The number of sulfonamides is 1. The summed E-state index contributed by atoms with van der Waals surface area (Å²) >= 11 is 0. The highest BCUT2D eigenvalue weighted by Gasteiger charge is 2.15. The Morgan fingerprint density at radius 3 is 2.34 bits per heavy atom. The van der Waals surface area contributed by atoms with Crippen LogP contribution in [-0.2, 0) is 10.0 Å². The van der Waals surface area contributed by atoms with Crippen LogP contribution in [-0.4, -0.2) is 29.5 Å². The van der Waals surface area contributed by atoms with E-state index in [1.807, 2.05) is 0 Å². The van der Waals surface area contributed by atoms with Gasteiger partial charge in [-0.05, 0) is 54.6 Å². The number of rotatable bonds is 6. The highest BCUT2D eigenvalue weighted by atomic mass is 32.2. The summed E-state index contributed by atoms with van der Waals surface area (Å²) in [7, 11) is -3.94. The van der Waals surface area contributed by atoms with Gasteiger partial charge in [-0.25, -0.2) is 8.42 Å². The molecule has 0 aliphatic carbocycles. The molecule has 0 bridgehead atoms. The normalized spacial score (nSPS) is 11.4. The van der Waals surface area contributed by atoms with Gasteiger partial charge in [-0.15, -0.1) is 0 Å². The van der Waals surface area contributed by atoms with Gasteiger partial charge in [0, 0.05) is 22.9 Å². The maximum Gasteiger partial charge on any atom is 0.262 e. The Morgan fingerprint density at radius 2 is 1.59 bits per heavy atom. The van der Waals surface area contributed by atoms with Gasteiger partial charge in [-0.2, -0.15) is 0 Å². The molecule has 0 radical (unpaired) electrons. The van der Waals surface area contributed by atoms with Gasteiger partial charge in [-0.3, -0.25) is 9.52 Å². The molecule has 0 saturated heterocycles. The van der Waals surface area contributed by atoms with Gasteiger partial charge in [0.15, 0.2) is 5.78 Å². The number of anilines is 1. The van der Waals surface area contributed by atoms with Crippen LogP contribution in [0.25, 0.3) is 6.08 Å². The van der Waals surface area contributed by atoms with Crippen LogP contribution in [0.3, 0.4) is 0 Å². The fourth-order valence-electron chi connectivity index (χ4n) is 2.54. The number of nitrogens with one attached hydrogen (secondary N) is 1. The highest BCUT2D eigenvalue weighted by Crippen LogP contribution is 2.24. The van der Waals surface area contributed by atoms with Gasteiger partial charge in [0.1, 0.15) is 17.2 Å². The summed E-state index contributed by atoms with van der Waals surface area (Å²) in [6.45, 7) is 0. The van der Waals surface area contributed by atoms with Crippen molar-refractivity contribution in [2.24, 2.45) is 0 Å². The molecular formula is C21H17NO6S. The minimum Gasteiger partial charge on any atom is -0.508 e. The number of hydrogen-bond donors (Lipinski definition) is 4. The lowest BCUT2D eigenvalue weighted by Gasteiger charge is -2.09. The molecule has 148 valence electrons. The van der Waals surface area contributed by atoms with Gasteiger partial charge in [0.25, 0.3) is 10.0 Å². The largest absolute Gasteiger partial charge is 0.508 e. The van der Waals surface area contributed by atoms with E-state index in [9.17, 15) is 28.5 Å². The SMILES string of the molecule is O=C(C=Cc1cc(O)ccc1O)c1cccc(NS(=O)(=O)c2cccc(O)c2)c1. The number of phenols is 3. The van der Waals surface area contributed by atoms with E-state index in [1.165, 1.54) is 72.8 Å². The molecule has 0 aromatic heterocycles. The molecule has 3 aromatic rings. The van der Waals surface area contributed by atoms with Crippen LogP contribution >= 0.6 is 0 Å². The van der Waals surface area contributed by atoms with Crippen molar-refractivity contribution >= 4 is 27.6 Å². The second-order valence-electron chi connectivity index (χ2n) is 6.12. The zero-order valence-electron chi connectivity index (χ0n) is 15.0. The molecule has 3 aromatic carbocycles. The minimum atomic E-state index is -3.94. The maximum atomic E-state index is 12.4. The molecule has 3 rings (SSSR count). The standard InChI is InChI=1S/C21H17NO6S/c23-17-5-2-6-19(13-17)29(27,28)22-16-4-1-3-14(11-16)20(25)9-7-15-12-18(24)8-10-21(15)26/h1-13,22-24,26H. The van der Waals surface area contributed by atoms with E-state index in [4.69, 9.17) is 0 Å². The molecule has 0 unspecified atom stereocenters. The highest BCUT2D eigenvalue weighted by molar-refractivity contribution is 7.92. The summed E-state index contributed by atoms with van der Waals surface area (Å²) in [5, 5.41) is 28.7. The van der Waals surface area contributed by atoms with Crippen molar-refractivity contribution < 1.29 is 28.5 Å². The molecule has 0 atom stereocenters. The zero-order chi connectivity index (χ0) is 21.0. The molecule has 0 amide bonds. The van der Waals surface area contributed by atoms with Crippen molar-refractivity contribution in [2.45, 2.75) is 4.90 Å². The van der Waals surface area contributed by atoms with Crippen molar-refractivity contribution in [1.82, 2.24) is 0 Å². The second kappa shape index (κ2) is 8.07. The lowest BCUT2D eigenvalue weighted by molar-refractivity contribution is 0.104. The molecule has 0 fully saturated rings. The third kappa shape index (κ3) is 4.94. The van der Waals surface area contributed by atoms with Crippen LogP contribution in [0.2, 0.25) is 0 Å². The molecule has 0 heterocycles. The predicted molar refractivity (Wildman–Crippen MR) is 108 cm³/mol. The average Bonchev–Trinajstić information content (AvgIpc) is 2.68. The van der Waals surface area contributed by atoms with Crippen molar-refractivity contribution in [1.29, 1.82) is 0 Å². The van der Waals surface area contributed by atoms with E-state index in [0.29, 0.717) is 0 Å². The van der Waals surface area contributed by atoms with Gasteiger partial charge >= 0.3 is 0 Å². The number of ketones is 1. The Labute approximate surface area is 167 Å². The van der Waals surface area contributed by atoms with Gasteiger partial charge in [-0.1, -0.05) is 18.2 Å². The van der Waals surface area contributed by atoms with E-state index in [1.54, 1.807) is 0 Å². The summed E-state index contributed by atoms with van der Waals surface area (Å²) in [5.74, 6) is -0.763. The van der Waals surface area contributed by atoms with Gasteiger partial charge in [0.05, 0.1) is 4.90 Å². The Bertz CT molecular complexity index is 1200. The van der Waals surface area contributed by atoms with E-state index < -0.39 is 15.8 Å². The first-order valence-electron chi connectivity index (χ1n) is 8.41. The van der Waals surface area contributed by atoms with Crippen molar-refractivity contribution in [3.63, 3.8) is 0 Å². The first-order valence-corrected chi connectivity index (χ1v) is 9.89. The number of carbonyl (C=O) groups excluding carboxylic acids is 1. The second-order valence-corrected chi connectivity index (χ2v) is 7.81. The average molecular weight is 411 g/mol. The van der Waals surface area contributed by atoms with Gasteiger partial charge in [0.2, 0.25) is 0 Å². The number of allylic oxidation sites excluding steroid dienone is 1. The Balaban J connectivity index is 1.81. The van der Waals surface area contributed by atoms with E-state index >= 15 is 0 Å². The maximum absolute atomic E-state index is 12.4. The Kier molecular flexibility index (Phi) is 5.56. The van der Waals surface area contributed by atoms with Crippen molar-refractivity contribution in [2.75, 3.05) is 4.72 Å². The van der Waals surface area contributed by atoms with Crippen LogP contribution in [0.5, 0.6) is 17.2 Å². The molecular weight excluding hydrogens is 394 g/mol. The van der Waals surface area contributed by atoms with Crippen LogP contribution in [0, 0.1) is 0 Å². The summed E-state index contributed by atoms with van der Waals surface area (Å²) < 4.78 is 27.2. The number of hydrogen-bond acceptors (Lipinski definition) is 6. The molecule has 8 heteroatoms. The third-order valence-corrected chi connectivity index (χ3v) is 5.33. The lowest BCUT2D eigenvalue weighted by Crippen LogP contribution is -2.13. The molecule has 4 N–H and O–H groups in total. The first kappa shape index (κ1) is 20.0. The van der Waals surface area contributed by atoms with Crippen molar-refractivity contribution in [3.05, 3.63) is 83.9 Å². The molecule has 29 heavy (non-hydrogen) atoms. The molecule has 0 aliphatic rings. The van der Waals surface area contributed by atoms with Crippen LogP contribution in [0.1, 0.15) is 15.9 Å². The number of aromatic hydroxyl groups is 3. The van der Waals surface area contributed by atoms with Crippen LogP contribution in [0.15, 0.2) is 77.7 Å². The molecule has 0 aliphatic heterocycles. The molecule has 7 nitrogen and oxygen atoms in total. The number of benzene rings is 3. The lowest BCUT2D eigenvalue weighted by atomic mass is 10.1. The van der Waals surface area contributed by atoms with Crippen LogP contribution < -0.4 is 4.72 Å². The monoisotopic (exact) mass is 411 g/mol. The summed E-state index contributed by atoms with van der Waals surface area (Å²) in [6.07, 6.45) is 2.55. The minimum absolute atomic E-state index is 0.0572. The Morgan fingerprint density at radius 1 is 0.862 bits per heavy atom. The smallest absolute Gasteiger partial charge is 0.262 e. The quantitative estimate of drug-likeness (QED) is 0.280. The van der Waals surface area contributed by atoms with E-state index in [2.05, 4.69) is 4.72 Å². The Hall–Kier alpha value is -3.78. The number of carbonyl (C=O) groups is 1.